The molecule has 0 spiro atoms. The lowest BCUT2D eigenvalue weighted by Crippen LogP contribution is -2.17. The van der Waals surface area contributed by atoms with Crippen LogP contribution in [0.4, 0.5) is 5.69 Å². The standard InChI is InChI=1S/C14H20N2/c1-2-13-8-12(5-6-14(13)16-7-1)10-15-9-11-3-4-11/h5-6,8,11,15-16H,1-4,7,9-10H2. The number of fused-ring (bicyclic) bond motifs is 1. The van der Waals surface area contributed by atoms with Gasteiger partial charge in [-0.3, -0.25) is 0 Å². The van der Waals surface area contributed by atoms with Crippen LogP contribution in [0.5, 0.6) is 0 Å². The highest BCUT2D eigenvalue weighted by Crippen LogP contribution is 2.28. The van der Waals surface area contributed by atoms with Gasteiger partial charge in [0.15, 0.2) is 0 Å². The minimum atomic E-state index is 0.972. The third kappa shape index (κ3) is 2.38. The van der Waals surface area contributed by atoms with Gasteiger partial charge in [0.2, 0.25) is 0 Å². The quantitative estimate of drug-likeness (QED) is 0.808. The van der Waals surface area contributed by atoms with Crippen LogP contribution < -0.4 is 10.6 Å². The Morgan fingerprint density at radius 2 is 2.25 bits per heavy atom. The Morgan fingerprint density at radius 3 is 3.12 bits per heavy atom. The summed E-state index contributed by atoms with van der Waals surface area (Å²) < 4.78 is 0. The highest BCUT2D eigenvalue weighted by molar-refractivity contribution is 5.54. The van der Waals surface area contributed by atoms with Gasteiger partial charge in [-0.25, -0.2) is 0 Å². The highest BCUT2D eigenvalue weighted by Gasteiger charge is 2.20. The van der Waals surface area contributed by atoms with Gasteiger partial charge in [-0.05, 0) is 55.3 Å². The molecule has 0 aromatic heterocycles. The second-order valence-corrected chi connectivity index (χ2v) is 5.10. The molecule has 0 amide bonds. The molecule has 0 bridgehead atoms. The van der Waals surface area contributed by atoms with E-state index in [0.29, 0.717) is 0 Å². The minimum Gasteiger partial charge on any atom is -0.385 e. The van der Waals surface area contributed by atoms with Crippen molar-refractivity contribution in [3.8, 4) is 0 Å². The van der Waals surface area contributed by atoms with E-state index in [4.69, 9.17) is 0 Å². The highest BCUT2D eigenvalue weighted by atomic mass is 14.9. The number of anilines is 1. The van der Waals surface area contributed by atoms with Crippen LogP contribution in [0.25, 0.3) is 0 Å². The zero-order valence-corrected chi connectivity index (χ0v) is 9.76. The fourth-order valence-corrected chi connectivity index (χ4v) is 2.38. The van der Waals surface area contributed by atoms with Crippen LogP contribution in [-0.2, 0) is 13.0 Å². The van der Waals surface area contributed by atoms with E-state index in [9.17, 15) is 0 Å². The third-order valence-electron chi connectivity index (χ3n) is 3.57. The molecule has 2 aliphatic rings. The maximum Gasteiger partial charge on any atom is 0.0372 e. The Hall–Kier alpha value is -1.02. The smallest absolute Gasteiger partial charge is 0.0372 e. The molecule has 16 heavy (non-hydrogen) atoms. The summed E-state index contributed by atoms with van der Waals surface area (Å²) in [6.45, 7) is 3.37. The van der Waals surface area contributed by atoms with Gasteiger partial charge in [-0.1, -0.05) is 12.1 Å². The van der Waals surface area contributed by atoms with E-state index >= 15 is 0 Å². The average Bonchev–Trinajstić information content (AvgIpc) is 3.13. The fraction of sp³-hybridized carbons (Fsp3) is 0.571. The maximum absolute atomic E-state index is 3.55. The van der Waals surface area contributed by atoms with Crippen molar-refractivity contribution in [3.05, 3.63) is 29.3 Å². The normalized spacial score (nSPS) is 19.0. The van der Waals surface area contributed by atoms with E-state index in [1.807, 2.05) is 0 Å². The number of aryl methyl sites for hydroxylation is 1. The summed E-state index contributed by atoms with van der Waals surface area (Å²) in [4.78, 5) is 0. The molecule has 1 aliphatic carbocycles. The van der Waals surface area contributed by atoms with Crippen molar-refractivity contribution in [1.82, 2.24) is 5.32 Å². The molecule has 1 aromatic rings. The Balaban J connectivity index is 1.60. The Labute approximate surface area is 97.4 Å². The van der Waals surface area contributed by atoms with Gasteiger partial charge in [0, 0.05) is 18.8 Å². The summed E-state index contributed by atoms with van der Waals surface area (Å²) in [7, 11) is 0. The van der Waals surface area contributed by atoms with Crippen molar-refractivity contribution < 1.29 is 0 Å². The van der Waals surface area contributed by atoms with Crippen molar-refractivity contribution in [2.24, 2.45) is 5.92 Å². The lowest BCUT2D eigenvalue weighted by molar-refractivity contribution is 0.638. The molecular formula is C14H20N2. The van der Waals surface area contributed by atoms with Crippen LogP contribution in [0.15, 0.2) is 18.2 Å². The predicted molar refractivity (Wildman–Crippen MR) is 67.7 cm³/mol. The lowest BCUT2D eigenvalue weighted by atomic mass is 10.0. The molecule has 1 fully saturated rings. The number of nitrogens with one attached hydrogen (secondary N) is 2. The molecule has 0 unspecified atom stereocenters. The van der Waals surface area contributed by atoms with Crippen molar-refractivity contribution in [3.63, 3.8) is 0 Å². The largest absolute Gasteiger partial charge is 0.385 e. The van der Waals surface area contributed by atoms with Gasteiger partial charge in [0.25, 0.3) is 0 Å². The molecule has 2 heteroatoms. The predicted octanol–water partition coefficient (Wildman–Crippen LogP) is 2.54. The first-order valence-corrected chi connectivity index (χ1v) is 6.48. The summed E-state index contributed by atoms with van der Waals surface area (Å²) >= 11 is 0. The maximum atomic E-state index is 3.55. The average molecular weight is 216 g/mol. The Bertz CT molecular complexity index is 369. The summed E-state index contributed by atoms with van der Waals surface area (Å²) in [5, 5.41) is 7.00. The van der Waals surface area contributed by atoms with Crippen molar-refractivity contribution in [2.45, 2.75) is 32.2 Å². The zero-order chi connectivity index (χ0) is 10.8. The van der Waals surface area contributed by atoms with Gasteiger partial charge >= 0.3 is 0 Å². The summed E-state index contributed by atoms with van der Waals surface area (Å²) in [6, 6.07) is 6.85. The monoisotopic (exact) mass is 216 g/mol. The van der Waals surface area contributed by atoms with E-state index in [-0.39, 0.29) is 0 Å². The van der Waals surface area contributed by atoms with Crippen LogP contribution in [-0.4, -0.2) is 13.1 Å². The zero-order valence-electron chi connectivity index (χ0n) is 9.76. The molecule has 1 heterocycles. The SMILES string of the molecule is c1cc2c(cc1CNCC1CC1)CCCN2. The molecule has 1 aliphatic heterocycles. The molecule has 0 atom stereocenters. The molecule has 0 saturated heterocycles. The second kappa shape index (κ2) is 4.46. The molecule has 86 valence electrons. The first kappa shape index (κ1) is 10.2. The van der Waals surface area contributed by atoms with Gasteiger partial charge < -0.3 is 10.6 Å². The number of rotatable bonds is 4. The Kier molecular flexibility index (Phi) is 2.83. The number of hydrogen-bond acceptors (Lipinski definition) is 2. The van der Waals surface area contributed by atoms with Crippen molar-refractivity contribution >= 4 is 5.69 Å². The van der Waals surface area contributed by atoms with Crippen LogP contribution in [0.1, 0.15) is 30.4 Å². The molecule has 1 saturated carbocycles. The number of benzene rings is 1. The third-order valence-corrected chi connectivity index (χ3v) is 3.57. The van der Waals surface area contributed by atoms with Gasteiger partial charge in [-0.15, -0.1) is 0 Å². The number of hydrogen-bond donors (Lipinski definition) is 2. The van der Waals surface area contributed by atoms with Crippen molar-refractivity contribution in [1.29, 1.82) is 0 Å². The van der Waals surface area contributed by atoms with Crippen LogP contribution >= 0.6 is 0 Å². The second-order valence-electron chi connectivity index (χ2n) is 5.10. The summed E-state index contributed by atoms with van der Waals surface area (Å²) in [5.41, 5.74) is 4.28. The van der Waals surface area contributed by atoms with Crippen molar-refractivity contribution in [2.75, 3.05) is 18.4 Å². The molecule has 0 radical (unpaired) electrons. The van der Waals surface area contributed by atoms with E-state index < -0.39 is 0 Å². The molecular weight excluding hydrogens is 196 g/mol. The minimum absolute atomic E-state index is 0.972. The van der Waals surface area contributed by atoms with E-state index in [2.05, 4.69) is 28.8 Å². The summed E-state index contributed by atoms with van der Waals surface area (Å²) in [5.74, 6) is 0.972. The molecule has 2 nitrogen and oxygen atoms in total. The first-order valence-electron chi connectivity index (χ1n) is 6.48. The molecule has 2 N–H and O–H groups in total. The van der Waals surface area contributed by atoms with Gasteiger partial charge in [-0.2, -0.15) is 0 Å². The van der Waals surface area contributed by atoms with E-state index in [1.165, 1.54) is 49.0 Å². The van der Waals surface area contributed by atoms with Crippen LogP contribution in [0.2, 0.25) is 0 Å². The van der Waals surface area contributed by atoms with E-state index in [0.717, 1.165) is 19.0 Å². The van der Waals surface area contributed by atoms with Crippen LogP contribution in [0.3, 0.4) is 0 Å². The van der Waals surface area contributed by atoms with Gasteiger partial charge in [0.05, 0.1) is 0 Å². The van der Waals surface area contributed by atoms with Gasteiger partial charge in [0.1, 0.15) is 0 Å². The van der Waals surface area contributed by atoms with Crippen LogP contribution in [0, 0.1) is 5.92 Å². The van der Waals surface area contributed by atoms with E-state index in [1.54, 1.807) is 0 Å². The molecule has 1 aromatic carbocycles. The first-order chi connectivity index (χ1) is 7.92. The Morgan fingerprint density at radius 1 is 1.31 bits per heavy atom. The fourth-order valence-electron chi connectivity index (χ4n) is 2.38. The molecule has 3 rings (SSSR count). The topological polar surface area (TPSA) is 24.1 Å². The summed E-state index contributed by atoms with van der Waals surface area (Å²) in [6.07, 6.45) is 5.37. The lowest BCUT2D eigenvalue weighted by Gasteiger charge is -2.18.